The number of carbonyl (C=O) groups excluding carboxylic acids is 1. The fourth-order valence-corrected chi connectivity index (χ4v) is 4.49. The third-order valence-electron chi connectivity index (χ3n) is 6.18. The lowest BCUT2D eigenvalue weighted by atomic mass is 9.82. The Kier molecular flexibility index (Phi) is 5.53. The second-order valence-corrected chi connectivity index (χ2v) is 9.49. The van der Waals surface area contributed by atoms with E-state index in [4.69, 9.17) is 10.00 Å². The molecular formula is C25H29N3O3. The fraction of sp³-hybridized carbons (Fsp3) is 0.440. The van der Waals surface area contributed by atoms with Crippen LogP contribution in [0.2, 0.25) is 0 Å². The zero-order chi connectivity index (χ0) is 22.2. The number of ether oxygens (including phenoxy) is 1. The predicted molar refractivity (Wildman–Crippen MR) is 121 cm³/mol. The van der Waals surface area contributed by atoms with Crippen LogP contribution in [0, 0.1) is 11.3 Å². The Morgan fingerprint density at radius 1 is 1.23 bits per heavy atom. The highest BCUT2D eigenvalue weighted by Crippen LogP contribution is 2.43. The number of phenols is 1. The van der Waals surface area contributed by atoms with Gasteiger partial charge in [0.25, 0.3) is 5.91 Å². The molecule has 1 atom stereocenters. The van der Waals surface area contributed by atoms with Crippen molar-refractivity contribution in [3.63, 3.8) is 0 Å². The Balaban J connectivity index is 1.57. The molecule has 1 amide bonds. The third-order valence-corrected chi connectivity index (χ3v) is 6.18. The number of fused-ring (bicyclic) bond motifs is 1. The van der Waals surface area contributed by atoms with Crippen LogP contribution in [0.15, 0.2) is 30.3 Å². The molecule has 31 heavy (non-hydrogen) atoms. The van der Waals surface area contributed by atoms with E-state index < -0.39 is 6.10 Å². The smallest absolute Gasteiger partial charge is 0.267 e. The van der Waals surface area contributed by atoms with Gasteiger partial charge in [-0.1, -0.05) is 33.6 Å². The topological polar surface area (TPSA) is 94.4 Å². The summed E-state index contributed by atoms with van der Waals surface area (Å²) in [5, 5.41) is 25.9. The van der Waals surface area contributed by atoms with E-state index >= 15 is 0 Å². The molecule has 162 valence electrons. The van der Waals surface area contributed by atoms with Crippen molar-refractivity contribution in [2.75, 3.05) is 17.2 Å². The van der Waals surface area contributed by atoms with Gasteiger partial charge in [-0.25, -0.2) is 0 Å². The molecule has 1 heterocycles. The van der Waals surface area contributed by atoms with Crippen molar-refractivity contribution in [1.82, 2.24) is 0 Å². The van der Waals surface area contributed by atoms with Crippen LogP contribution >= 0.6 is 0 Å². The summed E-state index contributed by atoms with van der Waals surface area (Å²) < 4.78 is 5.88. The van der Waals surface area contributed by atoms with Crippen LogP contribution in [0.5, 0.6) is 11.5 Å². The van der Waals surface area contributed by atoms with Crippen LogP contribution in [-0.4, -0.2) is 23.7 Å². The molecule has 1 fully saturated rings. The molecule has 0 spiro atoms. The van der Waals surface area contributed by atoms with Crippen LogP contribution in [0.25, 0.3) is 0 Å². The summed E-state index contributed by atoms with van der Waals surface area (Å²) in [6, 6.07) is 10.9. The third kappa shape index (κ3) is 4.32. The minimum atomic E-state index is -0.718. The van der Waals surface area contributed by atoms with Gasteiger partial charge >= 0.3 is 0 Å². The van der Waals surface area contributed by atoms with Crippen molar-refractivity contribution in [3.8, 4) is 17.6 Å². The number of nitrogens with zero attached hydrogens (tertiary/aromatic N) is 1. The summed E-state index contributed by atoms with van der Waals surface area (Å²) in [4.78, 5) is 13.0. The first kappa shape index (κ1) is 21.0. The highest BCUT2D eigenvalue weighted by atomic mass is 16.5. The molecule has 0 radical (unpaired) electrons. The van der Waals surface area contributed by atoms with E-state index in [-0.39, 0.29) is 17.1 Å². The summed E-state index contributed by atoms with van der Waals surface area (Å²) in [5.74, 6) is 0.890. The van der Waals surface area contributed by atoms with E-state index in [1.54, 1.807) is 24.3 Å². The van der Waals surface area contributed by atoms with Crippen LogP contribution in [0.1, 0.15) is 69.1 Å². The summed E-state index contributed by atoms with van der Waals surface area (Å²) in [6.07, 6.45) is 3.85. The molecule has 6 heteroatoms. The molecule has 2 aromatic carbocycles. The van der Waals surface area contributed by atoms with Gasteiger partial charge in [-0.3, -0.25) is 4.79 Å². The lowest BCUT2D eigenvalue weighted by molar-refractivity contribution is -0.122. The van der Waals surface area contributed by atoms with Gasteiger partial charge in [0, 0.05) is 11.8 Å². The summed E-state index contributed by atoms with van der Waals surface area (Å²) >= 11 is 0. The highest BCUT2D eigenvalue weighted by Gasteiger charge is 2.30. The molecule has 1 aliphatic carbocycles. The lowest BCUT2D eigenvalue weighted by Gasteiger charge is -2.29. The number of rotatable bonds is 3. The SMILES string of the molecule is CC(C)(C)c1cc(C2CCCC2)c(O)cc1NC(=O)[C@H]1CNc2cc(C#N)ccc2O1. The van der Waals surface area contributed by atoms with Crippen molar-refractivity contribution < 1.29 is 14.6 Å². The Morgan fingerprint density at radius 2 is 1.97 bits per heavy atom. The van der Waals surface area contributed by atoms with Crippen molar-refractivity contribution in [1.29, 1.82) is 5.26 Å². The first-order chi connectivity index (χ1) is 14.8. The molecule has 0 saturated heterocycles. The number of benzene rings is 2. The monoisotopic (exact) mass is 419 g/mol. The number of nitriles is 1. The van der Waals surface area contributed by atoms with Gasteiger partial charge in [-0.15, -0.1) is 0 Å². The number of carbonyl (C=O) groups is 1. The molecule has 6 nitrogen and oxygen atoms in total. The van der Waals surface area contributed by atoms with Crippen molar-refractivity contribution >= 4 is 17.3 Å². The average molecular weight is 420 g/mol. The van der Waals surface area contributed by atoms with Gasteiger partial charge < -0.3 is 20.5 Å². The molecule has 1 aliphatic heterocycles. The Morgan fingerprint density at radius 3 is 2.65 bits per heavy atom. The van der Waals surface area contributed by atoms with Gasteiger partial charge in [-0.05, 0) is 59.6 Å². The molecule has 0 aromatic heterocycles. The second kappa shape index (κ2) is 8.14. The van der Waals surface area contributed by atoms with Gasteiger partial charge in [-0.2, -0.15) is 5.26 Å². The Labute approximate surface area is 183 Å². The maximum absolute atomic E-state index is 13.0. The minimum absolute atomic E-state index is 0.199. The second-order valence-electron chi connectivity index (χ2n) is 9.49. The van der Waals surface area contributed by atoms with Gasteiger partial charge in [0.15, 0.2) is 6.10 Å². The maximum atomic E-state index is 13.0. The van der Waals surface area contributed by atoms with Crippen LogP contribution in [0.4, 0.5) is 11.4 Å². The molecule has 2 aliphatic rings. The normalized spacial score (nSPS) is 18.5. The average Bonchev–Trinajstić information content (AvgIpc) is 3.26. The van der Waals surface area contributed by atoms with Crippen molar-refractivity contribution in [3.05, 3.63) is 47.0 Å². The number of hydrogen-bond donors (Lipinski definition) is 3. The standard InChI is InChI=1S/C25H29N3O3/c1-25(2,3)18-11-17(16-6-4-5-7-16)21(29)12-19(18)28-24(30)23-14-27-20-10-15(13-26)8-9-22(20)31-23/h8-12,16,23,27,29H,4-7,14H2,1-3H3,(H,28,30)/t23-/m1/s1. The van der Waals surface area contributed by atoms with E-state index in [0.717, 1.165) is 24.0 Å². The van der Waals surface area contributed by atoms with E-state index in [0.29, 0.717) is 35.2 Å². The van der Waals surface area contributed by atoms with E-state index in [9.17, 15) is 9.90 Å². The van der Waals surface area contributed by atoms with E-state index in [2.05, 4.69) is 43.5 Å². The maximum Gasteiger partial charge on any atom is 0.267 e. The summed E-state index contributed by atoms with van der Waals surface area (Å²) in [7, 11) is 0. The first-order valence-corrected chi connectivity index (χ1v) is 10.9. The lowest BCUT2D eigenvalue weighted by Crippen LogP contribution is -2.41. The minimum Gasteiger partial charge on any atom is -0.508 e. The number of amides is 1. The Bertz CT molecular complexity index is 1040. The Hall–Kier alpha value is -3.20. The number of hydrogen-bond acceptors (Lipinski definition) is 5. The number of anilines is 2. The van der Waals surface area contributed by atoms with Crippen LogP contribution < -0.4 is 15.4 Å². The molecule has 0 bridgehead atoms. The molecule has 3 N–H and O–H groups in total. The number of nitrogens with one attached hydrogen (secondary N) is 2. The van der Waals surface area contributed by atoms with Crippen LogP contribution in [0.3, 0.4) is 0 Å². The summed E-state index contributed by atoms with van der Waals surface area (Å²) in [6.45, 7) is 6.62. The molecular weight excluding hydrogens is 390 g/mol. The van der Waals surface area contributed by atoms with E-state index in [1.807, 2.05) is 0 Å². The zero-order valence-corrected chi connectivity index (χ0v) is 18.3. The first-order valence-electron chi connectivity index (χ1n) is 10.9. The molecule has 4 rings (SSSR count). The fourth-order valence-electron chi connectivity index (χ4n) is 4.49. The molecule has 2 aromatic rings. The number of phenolic OH excluding ortho intramolecular Hbond substituents is 1. The number of aromatic hydroxyl groups is 1. The van der Waals surface area contributed by atoms with Crippen molar-refractivity contribution in [2.24, 2.45) is 0 Å². The van der Waals surface area contributed by atoms with E-state index in [1.165, 1.54) is 12.8 Å². The van der Waals surface area contributed by atoms with Gasteiger partial charge in [0.2, 0.25) is 0 Å². The zero-order valence-electron chi connectivity index (χ0n) is 18.3. The molecule has 1 saturated carbocycles. The summed E-state index contributed by atoms with van der Waals surface area (Å²) in [5.41, 5.74) is 3.64. The van der Waals surface area contributed by atoms with Crippen LogP contribution in [-0.2, 0) is 10.2 Å². The van der Waals surface area contributed by atoms with Crippen molar-refractivity contribution in [2.45, 2.75) is 63.9 Å². The largest absolute Gasteiger partial charge is 0.508 e. The predicted octanol–water partition coefficient (Wildman–Crippen LogP) is 5.03. The quantitative estimate of drug-likeness (QED) is 0.649. The highest BCUT2D eigenvalue weighted by molar-refractivity contribution is 5.96. The van der Waals surface area contributed by atoms with Gasteiger partial charge in [0.1, 0.15) is 11.5 Å². The molecule has 0 unspecified atom stereocenters. The van der Waals surface area contributed by atoms with Gasteiger partial charge in [0.05, 0.1) is 23.9 Å².